The van der Waals surface area contributed by atoms with Crippen LogP contribution < -0.4 is 0 Å². The molecule has 0 saturated heterocycles. The highest BCUT2D eigenvalue weighted by Gasteiger charge is 2.40. The number of hydrogen-bond acceptors (Lipinski definition) is 5. The minimum Gasteiger partial charge on any atom is -0.435 e. The highest BCUT2D eigenvalue weighted by Crippen LogP contribution is 2.55. The summed E-state index contributed by atoms with van der Waals surface area (Å²) in [5.74, 6) is 2.58. The van der Waals surface area contributed by atoms with Crippen LogP contribution in [0.2, 0.25) is 0 Å². The smallest absolute Gasteiger partial charge is 0.227 e. The van der Waals surface area contributed by atoms with E-state index < -0.39 is 0 Å². The van der Waals surface area contributed by atoms with E-state index in [1.165, 1.54) is 16.7 Å². The van der Waals surface area contributed by atoms with Gasteiger partial charge in [-0.3, -0.25) is 0 Å². The lowest BCUT2D eigenvalue weighted by molar-refractivity contribution is 0.623. The molecule has 8 aromatic rings. The fourth-order valence-corrected chi connectivity index (χ4v) is 6.98. The summed E-state index contributed by atoms with van der Waals surface area (Å²) in [6, 6.07) is 45.5. The molecular formula is C41H28N4O. The molecule has 6 aromatic carbocycles. The summed E-state index contributed by atoms with van der Waals surface area (Å²) in [5.41, 5.74) is 9.97. The lowest BCUT2D eigenvalue weighted by Gasteiger charge is -2.24. The predicted octanol–water partition coefficient (Wildman–Crippen LogP) is 10.1. The molecule has 5 nitrogen and oxygen atoms in total. The van der Waals surface area contributed by atoms with Gasteiger partial charge in [-0.2, -0.15) is 0 Å². The van der Waals surface area contributed by atoms with Gasteiger partial charge < -0.3 is 4.42 Å². The summed E-state index contributed by atoms with van der Waals surface area (Å²) in [6.45, 7) is 4.58. The molecule has 0 radical (unpaired) electrons. The first-order chi connectivity index (χ1) is 22.6. The monoisotopic (exact) mass is 592 g/mol. The lowest BCUT2D eigenvalue weighted by Crippen LogP contribution is -2.17. The quantitative estimate of drug-likeness (QED) is 0.203. The van der Waals surface area contributed by atoms with Gasteiger partial charge in [0.1, 0.15) is 5.52 Å². The second-order valence-corrected chi connectivity index (χ2v) is 12.3. The number of rotatable bonds is 4. The number of hydrogen-bond donors (Lipinski definition) is 0. The number of aromatic nitrogens is 4. The molecular weight excluding hydrogens is 564 g/mol. The third-order valence-electron chi connectivity index (χ3n) is 9.13. The van der Waals surface area contributed by atoms with Gasteiger partial charge in [0.25, 0.3) is 0 Å². The molecule has 0 N–H and O–H groups in total. The van der Waals surface area contributed by atoms with Crippen molar-refractivity contribution in [3.05, 3.63) is 145 Å². The molecule has 0 unspecified atom stereocenters. The Balaban J connectivity index is 1.30. The van der Waals surface area contributed by atoms with Gasteiger partial charge in [0.05, 0.1) is 0 Å². The molecule has 2 aromatic heterocycles. The molecule has 1 aliphatic rings. The normalized spacial score (nSPS) is 13.2. The molecule has 1 aliphatic carbocycles. The fraction of sp³-hybridized carbons (Fsp3) is 0.0732. The summed E-state index contributed by atoms with van der Waals surface area (Å²) < 4.78 is 6.58. The summed E-state index contributed by atoms with van der Waals surface area (Å²) >= 11 is 0. The zero-order chi connectivity index (χ0) is 30.8. The topological polar surface area (TPSA) is 64.7 Å². The number of oxazole rings is 1. The Bertz CT molecular complexity index is 2370. The van der Waals surface area contributed by atoms with Crippen LogP contribution in [0.1, 0.15) is 25.0 Å². The van der Waals surface area contributed by atoms with Crippen molar-refractivity contribution in [2.24, 2.45) is 0 Å². The van der Waals surface area contributed by atoms with E-state index in [2.05, 4.69) is 56.3 Å². The average molecular weight is 593 g/mol. The molecule has 0 amide bonds. The zero-order valence-electron chi connectivity index (χ0n) is 25.4. The van der Waals surface area contributed by atoms with E-state index in [0.717, 1.165) is 49.7 Å². The van der Waals surface area contributed by atoms with Gasteiger partial charge in [0.2, 0.25) is 5.89 Å². The third kappa shape index (κ3) is 4.02. The van der Waals surface area contributed by atoms with Gasteiger partial charge >= 0.3 is 0 Å². The van der Waals surface area contributed by atoms with Crippen LogP contribution in [0, 0.1) is 0 Å². The molecule has 0 fully saturated rings. The van der Waals surface area contributed by atoms with Crippen LogP contribution in [0.3, 0.4) is 0 Å². The molecule has 0 saturated carbocycles. The van der Waals surface area contributed by atoms with Crippen molar-refractivity contribution in [2.45, 2.75) is 19.3 Å². The van der Waals surface area contributed by atoms with E-state index in [-0.39, 0.29) is 5.41 Å². The number of benzene rings is 6. The summed E-state index contributed by atoms with van der Waals surface area (Å²) in [7, 11) is 0. The zero-order valence-corrected chi connectivity index (χ0v) is 25.4. The van der Waals surface area contributed by atoms with Crippen LogP contribution in [0.25, 0.3) is 78.6 Å². The lowest BCUT2D eigenvalue weighted by atomic mass is 9.79. The summed E-state index contributed by atoms with van der Waals surface area (Å²) in [5, 5.41) is 2.20. The van der Waals surface area contributed by atoms with E-state index in [9.17, 15) is 0 Å². The maximum Gasteiger partial charge on any atom is 0.227 e. The van der Waals surface area contributed by atoms with Crippen molar-refractivity contribution in [2.75, 3.05) is 0 Å². The second kappa shape index (κ2) is 10.0. The number of nitrogens with zero attached hydrogens (tertiary/aromatic N) is 4. The Morgan fingerprint density at radius 2 is 1.07 bits per heavy atom. The molecule has 0 bridgehead atoms. The molecule has 46 heavy (non-hydrogen) atoms. The van der Waals surface area contributed by atoms with Crippen LogP contribution in [0.5, 0.6) is 0 Å². The highest BCUT2D eigenvalue weighted by molar-refractivity contribution is 6.14. The van der Waals surface area contributed by atoms with Gasteiger partial charge in [-0.1, -0.05) is 129 Å². The predicted molar refractivity (Wildman–Crippen MR) is 184 cm³/mol. The summed E-state index contributed by atoms with van der Waals surface area (Å²) in [6.07, 6.45) is 0. The second-order valence-electron chi connectivity index (χ2n) is 12.3. The summed E-state index contributed by atoms with van der Waals surface area (Å²) in [4.78, 5) is 20.0. The van der Waals surface area contributed by atoms with Crippen molar-refractivity contribution in [3.63, 3.8) is 0 Å². The standard InChI is InChI=1S/C41H28N4O/c1-41(2)31-23-21-25-22-24-32-36(46-40(42-32)28-17-10-5-11-18-28)33(25)34(31)29-19-12-20-30(35(29)41)39-44-37(26-13-6-3-7-14-26)43-38(45-39)27-15-8-4-9-16-27/h3-24H,1-2H3. The van der Waals surface area contributed by atoms with Gasteiger partial charge in [-0.25, -0.2) is 19.9 Å². The van der Waals surface area contributed by atoms with Crippen molar-refractivity contribution in [3.8, 4) is 56.7 Å². The van der Waals surface area contributed by atoms with Gasteiger partial charge in [0, 0.05) is 33.1 Å². The van der Waals surface area contributed by atoms with Crippen molar-refractivity contribution < 1.29 is 4.42 Å². The van der Waals surface area contributed by atoms with E-state index in [1.807, 2.05) is 91.0 Å². The Hall–Kier alpha value is -5.94. The van der Waals surface area contributed by atoms with Gasteiger partial charge in [-0.15, -0.1) is 0 Å². The van der Waals surface area contributed by atoms with Crippen LogP contribution >= 0.6 is 0 Å². The Morgan fingerprint density at radius 3 is 1.72 bits per heavy atom. The van der Waals surface area contributed by atoms with Crippen LogP contribution in [-0.2, 0) is 5.41 Å². The minimum absolute atomic E-state index is 0.327. The van der Waals surface area contributed by atoms with Gasteiger partial charge in [-0.05, 0) is 45.8 Å². The first kappa shape index (κ1) is 26.5. The van der Waals surface area contributed by atoms with Crippen molar-refractivity contribution in [1.82, 2.24) is 19.9 Å². The maximum atomic E-state index is 6.58. The van der Waals surface area contributed by atoms with Crippen LogP contribution in [0.4, 0.5) is 0 Å². The van der Waals surface area contributed by atoms with E-state index in [4.69, 9.17) is 24.4 Å². The van der Waals surface area contributed by atoms with E-state index in [1.54, 1.807) is 0 Å². The molecule has 2 heterocycles. The third-order valence-corrected chi connectivity index (χ3v) is 9.13. The molecule has 0 aliphatic heterocycles. The average Bonchev–Trinajstić information content (AvgIpc) is 3.66. The van der Waals surface area contributed by atoms with Crippen LogP contribution in [-0.4, -0.2) is 19.9 Å². The molecule has 0 spiro atoms. The highest BCUT2D eigenvalue weighted by atomic mass is 16.3. The molecule has 5 heteroatoms. The largest absolute Gasteiger partial charge is 0.435 e. The van der Waals surface area contributed by atoms with E-state index >= 15 is 0 Å². The first-order valence-corrected chi connectivity index (χ1v) is 15.5. The molecule has 0 atom stereocenters. The van der Waals surface area contributed by atoms with E-state index in [0.29, 0.717) is 23.4 Å². The minimum atomic E-state index is -0.327. The SMILES string of the molecule is CC1(C)c2ccc3ccc4nc(-c5ccccc5)oc4c3c2-c2cccc(-c3nc(-c4ccccc4)nc(-c4ccccc4)n3)c21. The van der Waals surface area contributed by atoms with Crippen molar-refractivity contribution >= 4 is 21.9 Å². The fourth-order valence-electron chi connectivity index (χ4n) is 6.98. The van der Waals surface area contributed by atoms with Gasteiger partial charge in [0.15, 0.2) is 23.1 Å². The van der Waals surface area contributed by atoms with Crippen LogP contribution in [0.15, 0.2) is 138 Å². The molecule has 218 valence electrons. The Kier molecular flexibility index (Phi) is 5.78. The molecule has 9 rings (SSSR count). The number of fused-ring (bicyclic) bond motifs is 7. The Morgan fingerprint density at radius 1 is 0.500 bits per heavy atom. The first-order valence-electron chi connectivity index (χ1n) is 15.5. The van der Waals surface area contributed by atoms with Crippen molar-refractivity contribution in [1.29, 1.82) is 0 Å². The maximum absolute atomic E-state index is 6.58. The Labute approximate surface area is 266 Å².